The van der Waals surface area contributed by atoms with Crippen molar-refractivity contribution < 1.29 is 23.0 Å². The Kier molecular flexibility index (Phi) is 4.28. The number of aromatic nitrogens is 3. The van der Waals surface area contributed by atoms with E-state index in [0.717, 1.165) is 0 Å². The molecule has 0 aromatic carbocycles. The van der Waals surface area contributed by atoms with E-state index in [4.69, 9.17) is 0 Å². The highest BCUT2D eigenvalue weighted by molar-refractivity contribution is 9.10. The lowest BCUT2D eigenvalue weighted by Crippen LogP contribution is -2.20. The molecule has 0 aliphatic carbocycles. The summed E-state index contributed by atoms with van der Waals surface area (Å²) in [5.41, 5.74) is 0.266. The molecule has 0 radical (unpaired) electrons. The molecule has 1 aromatic heterocycles. The molecule has 0 aliphatic rings. The molecule has 0 saturated carbocycles. The number of halogens is 4. The zero-order valence-corrected chi connectivity index (χ0v) is 9.79. The Bertz CT molecular complexity index is 336. The highest BCUT2D eigenvalue weighted by atomic mass is 79.9. The van der Waals surface area contributed by atoms with Gasteiger partial charge in [-0.3, -0.25) is 0 Å². The van der Waals surface area contributed by atoms with Crippen LogP contribution in [0, 0.1) is 0 Å². The molecular formula is C7H9BrF3N3O2. The van der Waals surface area contributed by atoms with Crippen molar-refractivity contribution in [1.82, 2.24) is 15.0 Å². The van der Waals surface area contributed by atoms with Crippen LogP contribution in [-0.4, -0.2) is 39.5 Å². The summed E-state index contributed by atoms with van der Waals surface area (Å²) in [7, 11) is 1.51. The summed E-state index contributed by atoms with van der Waals surface area (Å²) in [5, 5.41) is 16.7. The van der Waals surface area contributed by atoms with Gasteiger partial charge in [0.1, 0.15) is 18.4 Å². The first kappa shape index (κ1) is 13.4. The molecule has 92 valence electrons. The highest BCUT2D eigenvalue weighted by Crippen LogP contribution is 2.21. The van der Waals surface area contributed by atoms with Crippen LogP contribution in [0.2, 0.25) is 0 Å². The van der Waals surface area contributed by atoms with Crippen LogP contribution in [0.15, 0.2) is 4.60 Å². The van der Waals surface area contributed by atoms with E-state index in [1.54, 1.807) is 0 Å². The maximum absolute atomic E-state index is 11.8. The number of alkyl halides is 3. The predicted octanol–water partition coefficient (Wildman–Crippen LogP) is 1.19. The molecule has 0 aliphatic heterocycles. The molecule has 1 unspecified atom stereocenters. The van der Waals surface area contributed by atoms with E-state index in [9.17, 15) is 18.3 Å². The van der Waals surface area contributed by atoms with Crippen molar-refractivity contribution in [2.45, 2.75) is 12.3 Å². The molecule has 1 heterocycles. The third-order valence-corrected chi connectivity index (χ3v) is 2.25. The molecule has 0 spiro atoms. The van der Waals surface area contributed by atoms with E-state index < -0.39 is 25.5 Å². The van der Waals surface area contributed by atoms with E-state index in [1.807, 2.05) is 0 Å². The topological polar surface area (TPSA) is 60.2 Å². The summed E-state index contributed by atoms with van der Waals surface area (Å²) in [6.45, 7) is -1.87. The Morgan fingerprint density at radius 2 is 2.19 bits per heavy atom. The second-order valence-electron chi connectivity index (χ2n) is 3.04. The quantitative estimate of drug-likeness (QED) is 0.908. The predicted molar refractivity (Wildman–Crippen MR) is 50.5 cm³/mol. The van der Waals surface area contributed by atoms with E-state index in [-0.39, 0.29) is 10.3 Å². The van der Waals surface area contributed by atoms with Crippen molar-refractivity contribution in [3.05, 3.63) is 10.3 Å². The summed E-state index contributed by atoms with van der Waals surface area (Å²) in [6, 6.07) is 0. The summed E-state index contributed by atoms with van der Waals surface area (Å²) >= 11 is 3.02. The smallest absolute Gasteiger partial charge is 0.384 e. The minimum atomic E-state index is -4.40. The summed E-state index contributed by atoms with van der Waals surface area (Å²) in [4.78, 5) is 0. The van der Waals surface area contributed by atoms with E-state index in [0.29, 0.717) is 0 Å². The minimum absolute atomic E-state index is 0.266. The average molecular weight is 304 g/mol. The van der Waals surface area contributed by atoms with Crippen LogP contribution in [0.3, 0.4) is 0 Å². The van der Waals surface area contributed by atoms with Crippen LogP contribution in [-0.2, 0) is 11.8 Å². The van der Waals surface area contributed by atoms with Crippen LogP contribution in [0.25, 0.3) is 0 Å². The van der Waals surface area contributed by atoms with Gasteiger partial charge in [0.15, 0.2) is 4.60 Å². The van der Waals surface area contributed by atoms with Gasteiger partial charge in [0.05, 0.1) is 6.61 Å². The molecule has 0 fully saturated rings. The fourth-order valence-electron chi connectivity index (χ4n) is 1.06. The van der Waals surface area contributed by atoms with E-state index >= 15 is 0 Å². The van der Waals surface area contributed by atoms with Gasteiger partial charge in [0.25, 0.3) is 0 Å². The first-order chi connectivity index (χ1) is 7.31. The second-order valence-corrected chi connectivity index (χ2v) is 3.79. The van der Waals surface area contributed by atoms with E-state index in [2.05, 4.69) is 31.0 Å². The number of rotatable bonds is 4. The monoisotopic (exact) mass is 303 g/mol. The number of hydrogen-bond donors (Lipinski definition) is 1. The summed E-state index contributed by atoms with van der Waals surface area (Å²) < 4.78 is 41.1. The van der Waals surface area contributed by atoms with Gasteiger partial charge in [-0.2, -0.15) is 13.2 Å². The van der Waals surface area contributed by atoms with Crippen LogP contribution in [0.5, 0.6) is 0 Å². The SMILES string of the molecule is Cn1nnc(Br)c1C(O)COCC(F)(F)F. The average Bonchev–Trinajstić information content (AvgIpc) is 2.43. The highest BCUT2D eigenvalue weighted by Gasteiger charge is 2.28. The van der Waals surface area contributed by atoms with Gasteiger partial charge < -0.3 is 9.84 Å². The number of hydrogen-bond acceptors (Lipinski definition) is 4. The maximum Gasteiger partial charge on any atom is 0.411 e. The molecule has 0 amide bonds. The molecule has 0 saturated heterocycles. The molecule has 0 bridgehead atoms. The zero-order chi connectivity index (χ0) is 12.3. The molecule has 1 atom stereocenters. The normalized spacial score (nSPS) is 14.1. The van der Waals surface area contributed by atoms with Crippen molar-refractivity contribution >= 4 is 15.9 Å². The van der Waals surface area contributed by atoms with Gasteiger partial charge in [-0.25, -0.2) is 4.68 Å². The first-order valence-corrected chi connectivity index (χ1v) is 4.98. The molecule has 5 nitrogen and oxygen atoms in total. The van der Waals surface area contributed by atoms with Gasteiger partial charge in [0.2, 0.25) is 0 Å². The van der Waals surface area contributed by atoms with Crippen molar-refractivity contribution in [2.24, 2.45) is 7.05 Å². The lowest BCUT2D eigenvalue weighted by molar-refractivity contribution is -0.179. The number of aryl methyl sites for hydroxylation is 1. The third kappa shape index (κ3) is 3.72. The van der Waals surface area contributed by atoms with Crippen molar-refractivity contribution in [2.75, 3.05) is 13.2 Å². The van der Waals surface area contributed by atoms with Gasteiger partial charge in [-0.15, -0.1) is 5.10 Å². The first-order valence-electron chi connectivity index (χ1n) is 4.19. The Morgan fingerprint density at radius 1 is 1.56 bits per heavy atom. The number of nitrogens with zero attached hydrogens (tertiary/aromatic N) is 3. The molecule has 1 rings (SSSR count). The van der Waals surface area contributed by atoms with Crippen molar-refractivity contribution in [3.63, 3.8) is 0 Å². The van der Waals surface area contributed by atoms with Crippen molar-refractivity contribution in [1.29, 1.82) is 0 Å². The Hall–Kier alpha value is -0.670. The van der Waals surface area contributed by atoms with Crippen LogP contribution < -0.4 is 0 Å². The largest absolute Gasteiger partial charge is 0.411 e. The third-order valence-electron chi connectivity index (χ3n) is 1.68. The second kappa shape index (κ2) is 5.11. The van der Waals surface area contributed by atoms with Gasteiger partial charge in [0, 0.05) is 7.05 Å². The molecule has 1 aromatic rings. The lowest BCUT2D eigenvalue weighted by Gasteiger charge is -2.12. The molecule has 9 heteroatoms. The Labute approximate surface area is 97.3 Å². The molecular weight excluding hydrogens is 295 g/mol. The number of ether oxygens (including phenoxy) is 1. The minimum Gasteiger partial charge on any atom is -0.384 e. The van der Waals surface area contributed by atoms with Crippen LogP contribution in [0.1, 0.15) is 11.8 Å². The summed E-state index contributed by atoms with van der Waals surface area (Å²) in [6.07, 6.45) is -5.61. The van der Waals surface area contributed by atoms with Crippen LogP contribution >= 0.6 is 15.9 Å². The van der Waals surface area contributed by atoms with Gasteiger partial charge >= 0.3 is 6.18 Å². The number of aliphatic hydroxyl groups is 1. The summed E-state index contributed by atoms with van der Waals surface area (Å²) in [5.74, 6) is 0. The van der Waals surface area contributed by atoms with Crippen LogP contribution in [0.4, 0.5) is 13.2 Å². The van der Waals surface area contributed by atoms with Crippen molar-refractivity contribution in [3.8, 4) is 0 Å². The molecule has 1 N–H and O–H groups in total. The molecule has 16 heavy (non-hydrogen) atoms. The maximum atomic E-state index is 11.8. The lowest BCUT2D eigenvalue weighted by atomic mass is 10.3. The Morgan fingerprint density at radius 3 is 2.62 bits per heavy atom. The van der Waals surface area contributed by atoms with Gasteiger partial charge in [-0.1, -0.05) is 5.21 Å². The van der Waals surface area contributed by atoms with E-state index in [1.165, 1.54) is 11.7 Å². The number of aliphatic hydroxyl groups excluding tert-OH is 1. The standard InChI is InChI=1S/C7H9BrF3N3O2/c1-14-5(6(8)12-13-14)4(15)2-16-3-7(9,10)11/h4,15H,2-3H2,1H3. The fourth-order valence-corrected chi connectivity index (χ4v) is 1.65. The fraction of sp³-hybridized carbons (Fsp3) is 0.714. The zero-order valence-electron chi connectivity index (χ0n) is 8.20. The Balaban J connectivity index is 2.50. The van der Waals surface area contributed by atoms with Gasteiger partial charge in [-0.05, 0) is 15.9 Å².